The van der Waals surface area contributed by atoms with E-state index in [1.165, 1.54) is 19.1 Å². The van der Waals surface area contributed by atoms with Crippen molar-refractivity contribution >= 4 is 23.2 Å². The summed E-state index contributed by atoms with van der Waals surface area (Å²) in [6, 6.07) is 4.60. The number of nitrogens with one attached hydrogen (secondary N) is 1. The molecule has 1 aliphatic heterocycles. The molecule has 0 spiro atoms. The Labute approximate surface area is 121 Å². The van der Waals surface area contributed by atoms with Crippen molar-refractivity contribution in [3.05, 3.63) is 38.9 Å². The van der Waals surface area contributed by atoms with Crippen LogP contribution in [0.25, 0.3) is 0 Å². The minimum atomic E-state index is -0.427. The van der Waals surface area contributed by atoms with E-state index in [-0.39, 0.29) is 17.6 Å². The predicted molar refractivity (Wildman–Crippen MR) is 75.6 cm³/mol. The number of rotatable bonds is 4. The van der Waals surface area contributed by atoms with Crippen molar-refractivity contribution in [2.45, 2.75) is 25.9 Å². The van der Waals surface area contributed by atoms with Crippen LogP contribution in [0.4, 0.5) is 5.69 Å². The molecule has 1 N–H and O–H groups in total. The molecule has 20 heavy (non-hydrogen) atoms. The monoisotopic (exact) mass is 297 g/mol. The van der Waals surface area contributed by atoms with Crippen molar-refractivity contribution < 1.29 is 9.72 Å². The number of hydrogen-bond acceptors (Lipinski definition) is 4. The maximum Gasteiger partial charge on any atom is 0.269 e. The highest BCUT2D eigenvalue weighted by Gasteiger charge is 2.24. The second-order valence-electron chi connectivity index (χ2n) is 4.95. The Morgan fingerprint density at radius 1 is 1.60 bits per heavy atom. The van der Waals surface area contributed by atoms with Gasteiger partial charge < -0.3 is 5.32 Å². The average molecular weight is 298 g/mol. The van der Waals surface area contributed by atoms with Crippen LogP contribution >= 0.6 is 11.6 Å². The summed E-state index contributed by atoms with van der Waals surface area (Å²) in [4.78, 5) is 23.5. The summed E-state index contributed by atoms with van der Waals surface area (Å²) in [6.45, 7) is 3.62. The van der Waals surface area contributed by atoms with Crippen molar-refractivity contribution in [2.24, 2.45) is 0 Å². The Hall–Kier alpha value is -1.66. The fourth-order valence-electron chi connectivity index (χ4n) is 2.42. The molecule has 1 aromatic rings. The van der Waals surface area contributed by atoms with Crippen LogP contribution < -0.4 is 5.32 Å². The van der Waals surface area contributed by atoms with Gasteiger partial charge in [-0.3, -0.25) is 19.8 Å². The quantitative estimate of drug-likeness (QED) is 0.681. The van der Waals surface area contributed by atoms with E-state index in [9.17, 15) is 14.9 Å². The molecule has 0 aromatic heterocycles. The second kappa shape index (κ2) is 6.19. The van der Waals surface area contributed by atoms with Crippen LogP contribution in [-0.2, 0) is 11.3 Å². The summed E-state index contributed by atoms with van der Waals surface area (Å²) < 4.78 is 0. The summed E-state index contributed by atoms with van der Waals surface area (Å²) in [6.07, 6.45) is 0.881. The number of nitro groups is 1. The fourth-order valence-corrected chi connectivity index (χ4v) is 2.60. The van der Waals surface area contributed by atoms with E-state index in [0.717, 1.165) is 25.1 Å². The van der Waals surface area contributed by atoms with Gasteiger partial charge in [0.15, 0.2) is 0 Å². The lowest BCUT2D eigenvalue weighted by atomic mass is 10.2. The highest BCUT2D eigenvalue weighted by atomic mass is 35.5. The van der Waals surface area contributed by atoms with Gasteiger partial charge in [0.1, 0.15) is 0 Å². The molecule has 0 radical (unpaired) electrons. The number of non-ortho nitro benzene ring substituents is 1. The van der Waals surface area contributed by atoms with E-state index in [1.807, 2.05) is 0 Å². The van der Waals surface area contributed by atoms with Crippen molar-refractivity contribution in [1.29, 1.82) is 0 Å². The van der Waals surface area contributed by atoms with Gasteiger partial charge in [0, 0.05) is 49.8 Å². The molecule has 2 rings (SSSR count). The van der Waals surface area contributed by atoms with Gasteiger partial charge in [-0.1, -0.05) is 11.6 Å². The Morgan fingerprint density at radius 3 is 3.00 bits per heavy atom. The van der Waals surface area contributed by atoms with Crippen molar-refractivity contribution in [2.75, 3.05) is 13.1 Å². The molecule has 1 atom stereocenters. The van der Waals surface area contributed by atoms with Gasteiger partial charge in [-0.15, -0.1) is 0 Å². The van der Waals surface area contributed by atoms with E-state index >= 15 is 0 Å². The van der Waals surface area contributed by atoms with E-state index in [4.69, 9.17) is 11.6 Å². The fraction of sp³-hybridized carbons (Fsp3) is 0.462. The maximum atomic E-state index is 11.0. The van der Waals surface area contributed by atoms with Crippen molar-refractivity contribution in [1.82, 2.24) is 10.2 Å². The lowest BCUT2D eigenvalue weighted by Gasteiger charge is -2.17. The second-order valence-corrected chi connectivity index (χ2v) is 5.36. The minimum absolute atomic E-state index is 0.0368. The normalized spacial score (nSPS) is 19.0. The molecule has 1 aliphatic rings. The lowest BCUT2D eigenvalue weighted by molar-refractivity contribution is -0.384. The van der Waals surface area contributed by atoms with Gasteiger partial charge >= 0.3 is 0 Å². The molecule has 6 nitrogen and oxygen atoms in total. The Balaban J connectivity index is 2.02. The topological polar surface area (TPSA) is 75.5 Å². The highest BCUT2D eigenvalue weighted by Crippen LogP contribution is 2.24. The molecule has 1 saturated heterocycles. The number of nitro benzene ring substituents is 1. The Morgan fingerprint density at radius 2 is 2.35 bits per heavy atom. The Bertz CT molecular complexity index is 536. The summed E-state index contributed by atoms with van der Waals surface area (Å²) in [7, 11) is 0. The molecule has 1 aromatic carbocycles. The first kappa shape index (κ1) is 14.7. The van der Waals surface area contributed by atoms with E-state index in [1.54, 1.807) is 6.07 Å². The number of carbonyl (C=O) groups is 1. The largest absolute Gasteiger partial charge is 0.352 e. The van der Waals surface area contributed by atoms with Gasteiger partial charge in [0.25, 0.3) is 5.69 Å². The van der Waals surface area contributed by atoms with Crippen LogP contribution in [0.5, 0.6) is 0 Å². The number of halogens is 1. The average Bonchev–Trinajstić information content (AvgIpc) is 2.78. The van der Waals surface area contributed by atoms with Crippen LogP contribution in [0.3, 0.4) is 0 Å². The molecule has 1 heterocycles. The van der Waals surface area contributed by atoms with Gasteiger partial charge in [0.05, 0.1) is 4.92 Å². The predicted octanol–water partition coefficient (Wildman–Crippen LogP) is 1.96. The number of hydrogen-bond donors (Lipinski definition) is 1. The zero-order valence-electron chi connectivity index (χ0n) is 11.1. The number of amides is 1. The van der Waals surface area contributed by atoms with Gasteiger partial charge in [-0.2, -0.15) is 0 Å². The first-order valence-electron chi connectivity index (χ1n) is 6.38. The molecular weight excluding hydrogens is 282 g/mol. The molecule has 1 fully saturated rings. The molecule has 1 amide bonds. The third-order valence-electron chi connectivity index (χ3n) is 3.31. The van der Waals surface area contributed by atoms with Crippen LogP contribution in [0, 0.1) is 10.1 Å². The molecule has 7 heteroatoms. The van der Waals surface area contributed by atoms with Crippen LogP contribution in [0.1, 0.15) is 18.9 Å². The zero-order valence-corrected chi connectivity index (χ0v) is 11.9. The van der Waals surface area contributed by atoms with E-state index in [0.29, 0.717) is 11.6 Å². The summed E-state index contributed by atoms with van der Waals surface area (Å²) in [5.41, 5.74) is 0.784. The number of carbonyl (C=O) groups excluding carboxylic acids is 1. The highest BCUT2D eigenvalue weighted by molar-refractivity contribution is 6.31. The third kappa shape index (κ3) is 3.68. The van der Waals surface area contributed by atoms with E-state index < -0.39 is 4.92 Å². The zero-order chi connectivity index (χ0) is 14.7. The molecule has 0 saturated carbocycles. The SMILES string of the molecule is CC(=O)NC1CCN(Cc2cc([N+](=O)[O-])ccc2Cl)C1. The summed E-state index contributed by atoms with van der Waals surface area (Å²) in [5.74, 6) is -0.0368. The van der Waals surface area contributed by atoms with Crippen molar-refractivity contribution in [3.63, 3.8) is 0 Å². The van der Waals surface area contributed by atoms with Gasteiger partial charge in [-0.25, -0.2) is 0 Å². The Kier molecular flexibility index (Phi) is 4.57. The molecular formula is C13H16ClN3O3. The molecule has 108 valence electrons. The summed E-state index contributed by atoms with van der Waals surface area (Å²) in [5, 5.41) is 14.2. The first-order chi connectivity index (χ1) is 9.45. The standard InChI is InChI=1S/C13H16ClN3O3/c1-9(18)15-11-4-5-16(8-11)7-10-6-12(17(19)20)2-3-13(10)14/h2-3,6,11H,4-5,7-8H2,1H3,(H,15,18). The van der Waals surface area contributed by atoms with Crippen LogP contribution in [0.2, 0.25) is 5.02 Å². The lowest BCUT2D eigenvalue weighted by Crippen LogP contribution is -2.35. The third-order valence-corrected chi connectivity index (χ3v) is 3.68. The van der Waals surface area contributed by atoms with Crippen molar-refractivity contribution in [3.8, 4) is 0 Å². The van der Waals surface area contributed by atoms with Gasteiger partial charge in [-0.05, 0) is 18.1 Å². The molecule has 0 aliphatic carbocycles. The number of benzene rings is 1. The van der Waals surface area contributed by atoms with Crippen LogP contribution in [-0.4, -0.2) is 34.9 Å². The van der Waals surface area contributed by atoms with Gasteiger partial charge in [0.2, 0.25) is 5.91 Å². The number of nitrogens with zero attached hydrogens (tertiary/aromatic N) is 2. The first-order valence-corrected chi connectivity index (χ1v) is 6.76. The molecule has 1 unspecified atom stereocenters. The minimum Gasteiger partial charge on any atom is -0.352 e. The maximum absolute atomic E-state index is 11.0. The smallest absolute Gasteiger partial charge is 0.269 e. The summed E-state index contributed by atoms with van der Waals surface area (Å²) >= 11 is 6.08. The number of likely N-dealkylation sites (tertiary alicyclic amines) is 1. The van der Waals surface area contributed by atoms with Crippen LogP contribution in [0.15, 0.2) is 18.2 Å². The van der Waals surface area contributed by atoms with E-state index in [2.05, 4.69) is 10.2 Å². The molecule has 0 bridgehead atoms.